The zero-order valence-electron chi connectivity index (χ0n) is 13.1. The van der Waals surface area contributed by atoms with E-state index in [2.05, 4.69) is 6.07 Å². The number of aryl methyl sites for hydroxylation is 1. The molecule has 5 nitrogen and oxygen atoms in total. The van der Waals surface area contributed by atoms with E-state index in [9.17, 15) is 8.42 Å². The highest BCUT2D eigenvalue weighted by atomic mass is 32.2. The van der Waals surface area contributed by atoms with Gasteiger partial charge in [-0.05, 0) is 63.8 Å². The van der Waals surface area contributed by atoms with Crippen LogP contribution in [-0.4, -0.2) is 15.0 Å². The lowest BCUT2D eigenvalue weighted by atomic mass is 9.92. The molecular formula is C15H22N2O3S. The summed E-state index contributed by atoms with van der Waals surface area (Å²) < 4.78 is 28.9. The number of nitriles is 1. The van der Waals surface area contributed by atoms with E-state index in [0.29, 0.717) is 24.3 Å². The monoisotopic (exact) mass is 310 g/mol. The fraction of sp³-hybridized carbons (Fsp3) is 0.533. The highest BCUT2D eigenvalue weighted by Gasteiger charge is 2.20. The quantitative estimate of drug-likeness (QED) is 0.904. The van der Waals surface area contributed by atoms with E-state index in [1.807, 2.05) is 20.8 Å². The number of hydrogen-bond donors (Lipinski definition) is 1. The molecule has 0 saturated carbocycles. The first-order valence-corrected chi connectivity index (χ1v) is 8.22. The van der Waals surface area contributed by atoms with Crippen LogP contribution in [0.2, 0.25) is 0 Å². The second-order valence-electron chi connectivity index (χ2n) is 5.91. The molecule has 0 spiro atoms. The molecule has 0 bridgehead atoms. The zero-order valence-corrected chi connectivity index (χ0v) is 14.0. The van der Waals surface area contributed by atoms with Crippen molar-refractivity contribution in [1.82, 2.24) is 0 Å². The largest absolute Gasteiger partial charge is 0.493 e. The summed E-state index contributed by atoms with van der Waals surface area (Å²) >= 11 is 0. The van der Waals surface area contributed by atoms with Crippen LogP contribution < -0.4 is 9.88 Å². The van der Waals surface area contributed by atoms with E-state index >= 15 is 0 Å². The van der Waals surface area contributed by atoms with Crippen molar-refractivity contribution in [2.45, 2.75) is 45.9 Å². The fourth-order valence-electron chi connectivity index (χ4n) is 2.00. The maximum absolute atomic E-state index is 11.6. The van der Waals surface area contributed by atoms with Gasteiger partial charge in [-0.25, -0.2) is 13.6 Å². The molecule has 0 atom stereocenters. The number of sulfonamides is 1. The summed E-state index contributed by atoms with van der Waals surface area (Å²) in [5.74, 6) is 0.661. The van der Waals surface area contributed by atoms with Crippen LogP contribution in [0, 0.1) is 37.5 Å². The molecule has 1 aromatic carbocycles. The fourth-order valence-corrected chi connectivity index (χ4v) is 2.92. The van der Waals surface area contributed by atoms with Gasteiger partial charge in [0, 0.05) is 0 Å². The molecule has 6 heteroatoms. The number of hydrogen-bond acceptors (Lipinski definition) is 4. The molecule has 0 heterocycles. The Morgan fingerprint density at radius 3 is 2.33 bits per heavy atom. The van der Waals surface area contributed by atoms with Crippen molar-refractivity contribution in [2.75, 3.05) is 6.61 Å². The molecule has 116 valence electrons. The number of rotatable bonds is 5. The third-order valence-corrected chi connectivity index (χ3v) is 4.60. The van der Waals surface area contributed by atoms with Crippen LogP contribution >= 0.6 is 0 Å². The van der Waals surface area contributed by atoms with Crippen molar-refractivity contribution in [3.05, 3.63) is 22.8 Å². The van der Waals surface area contributed by atoms with Crippen molar-refractivity contribution in [3.8, 4) is 11.8 Å². The second kappa shape index (κ2) is 6.04. The smallest absolute Gasteiger partial charge is 0.238 e. The van der Waals surface area contributed by atoms with Gasteiger partial charge in [0.2, 0.25) is 10.0 Å². The SMILES string of the molecule is Cc1cc(S(N)(=O)=O)c(C)c(C)c1OCCC(C)(C)C#N. The highest BCUT2D eigenvalue weighted by Crippen LogP contribution is 2.31. The molecule has 0 radical (unpaired) electrons. The van der Waals surface area contributed by atoms with E-state index in [1.54, 1.807) is 13.8 Å². The van der Waals surface area contributed by atoms with E-state index in [4.69, 9.17) is 15.1 Å². The molecule has 0 unspecified atom stereocenters. The van der Waals surface area contributed by atoms with Crippen LogP contribution in [-0.2, 0) is 10.0 Å². The Morgan fingerprint density at radius 1 is 1.29 bits per heavy atom. The molecule has 0 aliphatic heterocycles. The molecule has 0 fully saturated rings. The minimum Gasteiger partial charge on any atom is -0.493 e. The molecule has 0 aliphatic rings. The van der Waals surface area contributed by atoms with E-state index < -0.39 is 15.4 Å². The van der Waals surface area contributed by atoms with Crippen LogP contribution in [0.15, 0.2) is 11.0 Å². The zero-order chi connectivity index (χ0) is 16.4. The normalized spacial score (nSPS) is 12.0. The maximum atomic E-state index is 11.6. The molecule has 0 aliphatic carbocycles. The predicted molar refractivity (Wildman–Crippen MR) is 81.5 cm³/mol. The summed E-state index contributed by atoms with van der Waals surface area (Å²) in [6.07, 6.45) is 0.596. The topological polar surface area (TPSA) is 93.2 Å². The molecule has 1 aromatic rings. The molecule has 0 amide bonds. The summed E-state index contributed by atoms with van der Waals surface area (Å²) in [6.45, 7) is 9.40. The molecule has 0 aromatic heterocycles. The Labute approximate surface area is 126 Å². The Hall–Kier alpha value is -1.58. The van der Waals surface area contributed by atoms with Crippen molar-refractivity contribution < 1.29 is 13.2 Å². The summed E-state index contributed by atoms with van der Waals surface area (Å²) in [5, 5.41) is 14.2. The van der Waals surface area contributed by atoms with Crippen LogP contribution in [0.5, 0.6) is 5.75 Å². The number of benzene rings is 1. The van der Waals surface area contributed by atoms with Gasteiger partial charge in [0.25, 0.3) is 0 Å². The second-order valence-corrected chi connectivity index (χ2v) is 7.44. The summed E-state index contributed by atoms with van der Waals surface area (Å²) in [7, 11) is -3.74. The lowest BCUT2D eigenvalue weighted by molar-refractivity contribution is 0.261. The van der Waals surface area contributed by atoms with Crippen molar-refractivity contribution in [1.29, 1.82) is 5.26 Å². The summed E-state index contributed by atoms with van der Waals surface area (Å²) in [5.41, 5.74) is 1.63. The van der Waals surface area contributed by atoms with Gasteiger partial charge < -0.3 is 4.74 Å². The Balaban J connectivity index is 3.07. The van der Waals surface area contributed by atoms with E-state index in [0.717, 1.165) is 11.1 Å². The first kappa shape index (κ1) is 17.5. The van der Waals surface area contributed by atoms with E-state index in [1.165, 1.54) is 6.07 Å². The first-order valence-electron chi connectivity index (χ1n) is 6.67. The van der Waals surface area contributed by atoms with Crippen LogP contribution in [0.4, 0.5) is 0 Å². The first-order chi connectivity index (χ1) is 9.49. The Bertz CT molecular complexity index is 686. The summed E-state index contributed by atoms with van der Waals surface area (Å²) in [6, 6.07) is 3.75. The molecule has 0 saturated heterocycles. The number of primary sulfonamides is 1. The van der Waals surface area contributed by atoms with Gasteiger partial charge in [-0.15, -0.1) is 0 Å². The lowest BCUT2D eigenvalue weighted by Crippen LogP contribution is -2.16. The van der Waals surface area contributed by atoms with E-state index in [-0.39, 0.29) is 4.90 Å². The minimum atomic E-state index is -3.74. The minimum absolute atomic E-state index is 0.127. The average Bonchev–Trinajstić information content (AvgIpc) is 2.36. The van der Waals surface area contributed by atoms with Gasteiger partial charge in [-0.2, -0.15) is 5.26 Å². The van der Waals surface area contributed by atoms with Gasteiger partial charge in [0.15, 0.2) is 0 Å². The third-order valence-electron chi connectivity index (χ3n) is 3.56. The number of nitrogens with zero attached hydrogens (tertiary/aromatic N) is 1. The Morgan fingerprint density at radius 2 is 1.86 bits per heavy atom. The number of nitrogens with two attached hydrogens (primary N) is 1. The average molecular weight is 310 g/mol. The molecule has 21 heavy (non-hydrogen) atoms. The van der Waals surface area contributed by atoms with Gasteiger partial charge in [0.05, 0.1) is 23.0 Å². The predicted octanol–water partition coefficient (Wildman–Crippen LogP) is 2.58. The van der Waals surface area contributed by atoms with Gasteiger partial charge in [-0.1, -0.05) is 0 Å². The van der Waals surface area contributed by atoms with Crippen molar-refractivity contribution in [3.63, 3.8) is 0 Å². The standard InChI is InChI=1S/C15H22N2O3S/c1-10-8-13(21(17,18)19)11(2)12(3)14(10)20-7-6-15(4,5)9-16/h8H,6-7H2,1-5H3,(H2,17,18,19). The molecular weight excluding hydrogens is 288 g/mol. The van der Waals surface area contributed by atoms with Crippen molar-refractivity contribution in [2.24, 2.45) is 10.6 Å². The third kappa shape index (κ3) is 4.19. The maximum Gasteiger partial charge on any atom is 0.238 e. The van der Waals surface area contributed by atoms with Gasteiger partial charge in [0.1, 0.15) is 5.75 Å². The van der Waals surface area contributed by atoms with Crippen LogP contribution in [0.25, 0.3) is 0 Å². The highest BCUT2D eigenvalue weighted by molar-refractivity contribution is 7.89. The van der Waals surface area contributed by atoms with Crippen LogP contribution in [0.3, 0.4) is 0 Å². The van der Waals surface area contributed by atoms with Gasteiger partial charge in [-0.3, -0.25) is 0 Å². The van der Waals surface area contributed by atoms with Gasteiger partial charge >= 0.3 is 0 Å². The lowest BCUT2D eigenvalue weighted by Gasteiger charge is -2.19. The summed E-state index contributed by atoms with van der Waals surface area (Å²) in [4.78, 5) is 0.127. The van der Waals surface area contributed by atoms with Crippen LogP contribution in [0.1, 0.15) is 37.0 Å². The molecule has 1 rings (SSSR count). The van der Waals surface area contributed by atoms with Crippen molar-refractivity contribution >= 4 is 10.0 Å². The number of ether oxygens (including phenoxy) is 1. The molecule has 2 N–H and O–H groups in total. The Kier molecular flexibility index (Phi) is 5.03.